The van der Waals surface area contributed by atoms with Crippen molar-refractivity contribution in [2.45, 2.75) is 513 Å². The van der Waals surface area contributed by atoms with Crippen molar-refractivity contribution in [3.8, 4) is 0 Å². The number of likely N-dealkylation sites (tertiary alicyclic amines) is 3. The summed E-state index contributed by atoms with van der Waals surface area (Å²) in [4.78, 5) is 10.2. The van der Waals surface area contributed by atoms with Crippen LogP contribution in [0.2, 0.25) is 0 Å². The van der Waals surface area contributed by atoms with Crippen LogP contribution < -0.4 is 31.9 Å². The second-order valence-electron chi connectivity index (χ2n) is 60.5. The molecule has 0 aromatic heterocycles. The van der Waals surface area contributed by atoms with E-state index in [1.54, 1.807) is 0 Å². The highest BCUT2D eigenvalue weighted by Gasteiger charge is 2.31. The Morgan fingerprint density at radius 3 is 0.813 bits per heavy atom. The molecule has 6 N–H and O–H groups in total. The predicted octanol–water partition coefficient (Wildman–Crippen LogP) is 30.2. The molecule has 11 saturated heterocycles. The highest BCUT2D eigenvalue weighted by molar-refractivity contribution is 4.86. The molecular weight excluding hydrogens is 1640 g/mol. The van der Waals surface area contributed by atoms with E-state index < -0.39 is 0 Å². The summed E-state index contributed by atoms with van der Waals surface area (Å²) in [7, 11) is 0. The summed E-state index contributed by atoms with van der Waals surface area (Å²) in [5.41, 5.74) is 6.47. The Hall–Kier alpha value is -0.520. The molecule has 0 spiro atoms. The second kappa shape index (κ2) is 66.6. The fraction of sp³-hybridized carbons (Fsp3) is 1.00. The third kappa shape index (κ3) is 88.0. The van der Waals surface area contributed by atoms with Gasteiger partial charge in [0.2, 0.25) is 0 Å². The van der Waals surface area contributed by atoms with E-state index in [9.17, 15) is 0 Å². The van der Waals surface area contributed by atoms with Crippen LogP contribution in [0.15, 0.2) is 0 Å². The van der Waals surface area contributed by atoms with Crippen LogP contribution >= 0.6 is 0 Å². The Morgan fingerprint density at radius 1 is 0.201 bits per heavy atom. The molecule has 13 heteroatoms. The Kier molecular flexibility index (Phi) is 65.3. The van der Waals surface area contributed by atoms with E-state index in [1.165, 1.54) is 336 Å². The van der Waals surface area contributed by atoms with Gasteiger partial charge in [0.05, 0.1) is 32.5 Å². The van der Waals surface area contributed by atoms with Crippen LogP contribution in [0, 0.1) is 100.0 Å². The van der Waals surface area contributed by atoms with Crippen molar-refractivity contribution < 1.29 is 14.2 Å². The number of piperidine rings is 3. The first-order chi connectivity index (χ1) is 61.5. The zero-order chi connectivity index (χ0) is 102. The van der Waals surface area contributed by atoms with E-state index >= 15 is 0 Å². The molecule has 5 unspecified atom stereocenters. The minimum atomic E-state index is 0.415. The molecule has 804 valence electrons. The molecule has 11 heterocycles. The van der Waals surface area contributed by atoms with Gasteiger partial charge in [0, 0.05) is 70.5 Å². The number of ether oxygens (including phenoxy) is 3. The van der Waals surface area contributed by atoms with Gasteiger partial charge in [-0.15, -0.1) is 0 Å². The molecule has 13 aliphatic rings. The fourth-order valence-electron chi connectivity index (χ4n) is 21.7. The van der Waals surface area contributed by atoms with Crippen LogP contribution in [-0.4, -0.2) is 214 Å². The van der Waals surface area contributed by atoms with Crippen molar-refractivity contribution >= 4 is 0 Å². The SMILES string of the molecule is CC(C)(C)CC1CCCC1.CC(C)(C)CC1CCCCC1.CC(C)(C)CC1CCCCN1.CC(C)(C)CC1CCCCO1.CC(C)(C)CC1CCN1.CC(C)(C)CC1CCNC1.CC(C)(C)CC1CCNCC1.CC(C)(C)CC1CNC1.CC(C)(C)CC1COCCN1.CC(C)(C)CN1CCC1.CC(C)(C)CN1CCCC1.CC(C)(C)CN1CCCCC1.CC(C)(C)CN1CCOCC1. The fourth-order valence-corrected chi connectivity index (χ4v) is 21.7. The van der Waals surface area contributed by atoms with Crippen LogP contribution in [0.25, 0.3) is 0 Å². The van der Waals surface area contributed by atoms with Gasteiger partial charge in [-0.25, -0.2) is 0 Å². The Bertz CT molecular complexity index is 2260. The average molecular weight is 1900 g/mol. The van der Waals surface area contributed by atoms with Gasteiger partial charge in [-0.3, -0.25) is 4.90 Å². The summed E-state index contributed by atoms with van der Waals surface area (Å²) >= 11 is 0. The lowest BCUT2D eigenvalue weighted by Crippen LogP contribution is -2.44. The maximum Gasteiger partial charge on any atom is 0.0620 e. The largest absolute Gasteiger partial charge is 0.379 e. The molecule has 11 aliphatic heterocycles. The smallest absolute Gasteiger partial charge is 0.0620 e. The van der Waals surface area contributed by atoms with Gasteiger partial charge < -0.3 is 60.8 Å². The molecule has 13 fully saturated rings. The second-order valence-corrected chi connectivity index (χ2v) is 60.5. The molecule has 134 heavy (non-hydrogen) atoms. The summed E-state index contributed by atoms with van der Waals surface area (Å²) in [6, 6.07) is 2.19. The number of nitrogens with one attached hydrogen (secondary N) is 6. The highest BCUT2D eigenvalue weighted by Crippen LogP contribution is 2.38. The molecule has 0 bridgehead atoms. The van der Waals surface area contributed by atoms with E-state index in [4.69, 9.17) is 14.2 Å². The molecule has 0 aromatic rings. The monoisotopic (exact) mass is 1890 g/mol. The Labute approximate surface area is 843 Å². The van der Waals surface area contributed by atoms with E-state index in [0.29, 0.717) is 82.5 Å². The molecule has 0 amide bonds. The third-order valence-electron chi connectivity index (χ3n) is 26.7. The van der Waals surface area contributed by atoms with Gasteiger partial charge in [0.1, 0.15) is 0 Å². The number of nitrogens with zero attached hydrogens (tertiary/aromatic N) is 4. The first-order valence-corrected chi connectivity index (χ1v) is 57.5. The summed E-state index contributed by atoms with van der Waals surface area (Å²) in [5.74, 6) is 4.99. The minimum Gasteiger partial charge on any atom is -0.379 e. The molecule has 13 nitrogen and oxygen atoms in total. The van der Waals surface area contributed by atoms with E-state index in [0.717, 1.165) is 94.3 Å². The Morgan fingerprint density at radius 2 is 0.515 bits per heavy atom. The van der Waals surface area contributed by atoms with Crippen LogP contribution in [-0.2, 0) is 14.2 Å². The van der Waals surface area contributed by atoms with Gasteiger partial charge in [0.15, 0.2) is 0 Å². The summed E-state index contributed by atoms with van der Waals surface area (Å²) in [6.45, 7) is 121. The first kappa shape index (κ1) is 131. The lowest BCUT2D eigenvalue weighted by atomic mass is 9.78. The number of hydrogen-bond acceptors (Lipinski definition) is 13. The number of rotatable bonds is 13. The van der Waals surface area contributed by atoms with Crippen molar-refractivity contribution in [3.63, 3.8) is 0 Å². The quantitative estimate of drug-likeness (QED) is 0.105. The van der Waals surface area contributed by atoms with E-state index in [1.807, 2.05) is 0 Å². The number of morpholine rings is 2. The maximum absolute atomic E-state index is 5.65. The van der Waals surface area contributed by atoms with E-state index in [2.05, 4.69) is 322 Å². The van der Waals surface area contributed by atoms with Crippen LogP contribution in [0.3, 0.4) is 0 Å². The summed E-state index contributed by atoms with van der Waals surface area (Å²) in [6.07, 6.45) is 48.2. The van der Waals surface area contributed by atoms with Gasteiger partial charge in [-0.05, 0) is 339 Å². The predicted molar refractivity (Wildman–Crippen MR) is 598 cm³/mol. The van der Waals surface area contributed by atoms with Crippen LogP contribution in [0.1, 0.15) is 488 Å². The van der Waals surface area contributed by atoms with Crippen molar-refractivity contribution in [3.05, 3.63) is 0 Å². The topological polar surface area (TPSA) is 113 Å². The van der Waals surface area contributed by atoms with Crippen molar-refractivity contribution in [2.75, 3.05) is 170 Å². The summed E-state index contributed by atoms with van der Waals surface area (Å²) in [5, 5.41) is 20.5. The Balaban J connectivity index is 0.000000726. The maximum atomic E-state index is 5.65. The van der Waals surface area contributed by atoms with Gasteiger partial charge in [-0.1, -0.05) is 341 Å². The first-order valence-electron chi connectivity index (χ1n) is 57.5. The lowest BCUT2D eigenvalue weighted by molar-refractivity contribution is -0.00700. The van der Waals surface area contributed by atoms with Gasteiger partial charge in [-0.2, -0.15) is 0 Å². The summed E-state index contributed by atoms with van der Waals surface area (Å²) < 4.78 is 16.3. The molecule has 2 aliphatic carbocycles. The molecule has 5 atom stereocenters. The zero-order valence-corrected chi connectivity index (χ0v) is 99.1. The third-order valence-corrected chi connectivity index (χ3v) is 26.7. The van der Waals surface area contributed by atoms with E-state index in [-0.39, 0.29) is 0 Å². The molecule has 0 radical (unpaired) electrons. The highest BCUT2D eigenvalue weighted by atomic mass is 16.5. The average Bonchev–Trinajstić information content (AvgIpc) is 1.04. The van der Waals surface area contributed by atoms with Crippen molar-refractivity contribution in [1.82, 2.24) is 51.5 Å². The molecule has 0 aromatic carbocycles. The minimum absolute atomic E-state index is 0.415. The molecular formula is C121H252N10O3. The standard InChI is InChI=1S/C11H22.3C10H21N.C10H20O.C10H20.2C9H19NO.2C9H19N.3C8H17N/c1-11(2,3)9-10-7-5-4-6-8-10;1-10(2,3)8-9-4-6-11-7-5-9;1-10(2,3)8-9-6-4-5-7-11-9;1-10(2,3)9-11-7-5-4-6-8-11;1-10(2,3)8-9-6-4-5-7-11-9;1-10(2,3)8-9-6-4-5-7-9;1-9(2,3)8-10-4-6-11-7-5-10;1-9(2,3)6-8-7-11-5-4-10-8;1-9(2,3)6-8-4-5-10-7-8;1-9(2,3)8-10-6-4-5-7-10;1-8(2,3)4-7-5-9-6-7;1-8(2,3)6-7-4-5-9-7;1-8(2,3)7-9-5-4-6-9/h10H,4-9H2,1-3H3;2*9,11H,4-8H2,1-3H3;4-9H2,1-3H3;9H,4-8H2,1-3H3;9H,4-8H2,1-3H3;4-8H2,1-3H3;8,10H,4-7H2,1-3H3;8,10H,4-7H2,1-3H3;4-8H2,1-3H3;2*7,9H,4-6H2,1-3H3;4-7H2,1-3H3. The van der Waals surface area contributed by atoms with Crippen molar-refractivity contribution in [1.29, 1.82) is 0 Å². The van der Waals surface area contributed by atoms with Crippen LogP contribution in [0.4, 0.5) is 0 Å². The molecule has 13 rings (SSSR count). The lowest BCUT2D eigenvalue weighted by Gasteiger charge is -2.36. The zero-order valence-electron chi connectivity index (χ0n) is 99.1. The van der Waals surface area contributed by atoms with Crippen LogP contribution in [0.5, 0.6) is 0 Å². The van der Waals surface area contributed by atoms with Gasteiger partial charge >= 0.3 is 0 Å². The van der Waals surface area contributed by atoms with Crippen molar-refractivity contribution in [2.24, 2.45) is 100.0 Å². The van der Waals surface area contributed by atoms with Gasteiger partial charge in [0.25, 0.3) is 0 Å². The normalized spacial score (nSPS) is 24.0. The molecule has 2 saturated carbocycles. The number of hydrogen-bond donors (Lipinski definition) is 6.